The second-order valence-corrected chi connectivity index (χ2v) is 3.91. The summed E-state index contributed by atoms with van der Waals surface area (Å²) in [6.07, 6.45) is 2.23. The molecule has 0 aliphatic heterocycles. The molecule has 0 aromatic carbocycles. The van der Waals surface area contributed by atoms with Gasteiger partial charge in [-0.3, -0.25) is 4.79 Å². The molecule has 2 N–H and O–H groups in total. The first-order valence-electron chi connectivity index (χ1n) is 4.63. The molecule has 2 unspecified atom stereocenters. The van der Waals surface area contributed by atoms with Crippen LogP contribution in [0.4, 0.5) is 0 Å². The second-order valence-electron chi connectivity index (χ2n) is 3.91. The van der Waals surface area contributed by atoms with E-state index in [0.717, 1.165) is 6.42 Å². The summed E-state index contributed by atoms with van der Waals surface area (Å²) >= 11 is 0. The number of carbonyl (C=O) groups is 1. The molecular weight excluding hydrogens is 642 g/mol. The Morgan fingerprint density at radius 2 is 2.07 bits per heavy atom. The normalized spacial score (nSPS) is 29.3. The van der Waals surface area contributed by atoms with Gasteiger partial charge in [-0.05, 0) is 19.3 Å². The molecule has 82 valence electrons. The quantitative estimate of drug-likeness (QED) is 0.411. The fourth-order valence-electron chi connectivity index (χ4n) is 1.90. The summed E-state index contributed by atoms with van der Waals surface area (Å²) in [7, 11) is 0. The van der Waals surface area contributed by atoms with Gasteiger partial charge in [0.05, 0.1) is 12.1 Å². The van der Waals surface area contributed by atoms with E-state index in [1.807, 2.05) is 19.9 Å². The monoisotopic (exact) mass is 659 g/mol. The molecule has 3 nitrogen and oxygen atoms in total. The number of rotatable bonds is 1. The van der Waals surface area contributed by atoms with Crippen LogP contribution in [-0.2, 0) is 4.79 Å². The maximum atomic E-state index is 10.8. The van der Waals surface area contributed by atoms with Crippen molar-refractivity contribution in [3.63, 3.8) is 0 Å². The number of hydrogen-bond donors (Lipinski definition) is 2. The number of hydrogen-bond acceptors (Lipinski definition) is 2. The minimum atomic E-state index is -0.535. The number of amides is 1. The van der Waals surface area contributed by atoms with E-state index in [0.29, 0.717) is 5.92 Å². The van der Waals surface area contributed by atoms with Crippen LogP contribution >= 0.6 is 0 Å². The van der Waals surface area contributed by atoms with Gasteiger partial charge < -0.3 is 10.4 Å². The van der Waals surface area contributed by atoms with Crippen LogP contribution in [0.1, 0.15) is 27.2 Å². The molecule has 0 radical (unpaired) electrons. The van der Waals surface area contributed by atoms with Crippen LogP contribution in [0.25, 0.3) is 0 Å². The third-order valence-corrected chi connectivity index (χ3v) is 2.45. The predicted molar refractivity (Wildman–Crippen MR) is 51.1 cm³/mol. The molecule has 0 aromatic heterocycles. The number of allylic oxidation sites excluding steroid dienone is 1. The van der Waals surface area contributed by atoms with E-state index in [1.54, 1.807) is 0 Å². The fourth-order valence-corrected chi connectivity index (χ4v) is 1.90. The minimum Gasteiger partial charge on any atom is -0.387 e. The van der Waals surface area contributed by atoms with Crippen LogP contribution in [0.3, 0.4) is 0 Å². The Kier molecular flexibility index (Phi) is 10.4. The molecule has 3 atom stereocenters. The SMILES string of the molecule is CC(=O)NC1C(O)C=C(C)C[C@@H]1C.[U].[U]. The van der Waals surface area contributed by atoms with Gasteiger partial charge in [-0.1, -0.05) is 18.6 Å². The zero-order valence-electron chi connectivity index (χ0n) is 9.37. The standard InChI is InChI=1S/C10H17NO2.2U/c1-6-4-7(2)10(9(13)5-6)11-8(3)12;;/h5,7,9-10,13H,4H2,1-3H3,(H,11,12);;/t7-,9?,10?;;/m0../s1. The topological polar surface area (TPSA) is 49.3 Å². The van der Waals surface area contributed by atoms with E-state index in [9.17, 15) is 9.90 Å². The summed E-state index contributed by atoms with van der Waals surface area (Å²) in [5.41, 5.74) is 1.20. The summed E-state index contributed by atoms with van der Waals surface area (Å²) < 4.78 is 0. The van der Waals surface area contributed by atoms with Crippen LogP contribution in [0.15, 0.2) is 11.6 Å². The molecule has 0 saturated heterocycles. The van der Waals surface area contributed by atoms with Gasteiger partial charge in [-0.15, -0.1) is 0 Å². The first-order valence-corrected chi connectivity index (χ1v) is 4.63. The number of aliphatic hydroxyl groups is 1. The maximum Gasteiger partial charge on any atom is 0.217 e. The molecule has 1 amide bonds. The summed E-state index contributed by atoms with van der Waals surface area (Å²) in [6, 6.07) is -0.124. The summed E-state index contributed by atoms with van der Waals surface area (Å²) in [5, 5.41) is 12.4. The molecule has 1 rings (SSSR count). The van der Waals surface area contributed by atoms with Gasteiger partial charge in [0.15, 0.2) is 0 Å². The van der Waals surface area contributed by atoms with Gasteiger partial charge in [0, 0.05) is 69.2 Å². The zero-order chi connectivity index (χ0) is 10.0. The Morgan fingerprint density at radius 3 is 2.47 bits per heavy atom. The second kappa shape index (κ2) is 8.38. The third-order valence-electron chi connectivity index (χ3n) is 2.45. The Hall–Kier alpha value is 1.27. The molecule has 1 aliphatic rings. The molecule has 15 heavy (non-hydrogen) atoms. The maximum absolute atomic E-state index is 10.8. The summed E-state index contributed by atoms with van der Waals surface area (Å²) in [5.74, 6) is 0.229. The number of nitrogens with one attached hydrogen (secondary N) is 1. The van der Waals surface area contributed by atoms with Crippen LogP contribution in [0, 0.1) is 68.1 Å². The van der Waals surface area contributed by atoms with Crippen molar-refractivity contribution >= 4 is 5.91 Å². The molecule has 0 fully saturated rings. The number of carbonyl (C=O) groups excluding carboxylic acids is 1. The van der Waals surface area contributed by atoms with E-state index < -0.39 is 6.10 Å². The largest absolute Gasteiger partial charge is 0.387 e. The van der Waals surface area contributed by atoms with Crippen LogP contribution < -0.4 is 5.32 Å². The Morgan fingerprint density at radius 1 is 1.53 bits per heavy atom. The van der Waals surface area contributed by atoms with Crippen molar-refractivity contribution in [2.24, 2.45) is 5.92 Å². The fraction of sp³-hybridized carbons (Fsp3) is 0.700. The van der Waals surface area contributed by atoms with Crippen LogP contribution in [0.2, 0.25) is 0 Å². The molecule has 0 saturated carbocycles. The Bertz CT molecular complexity index is 244. The molecule has 0 heterocycles. The van der Waals surface area contributed by atoms with Crippen LogP contribution in [-0.4, -0.2) is 23.2 Å². The van der Waals surface area contributed by atoms with Crippen molar-refractivity contribution in [1.29, 1.82) is 0 Å². The molecule has 0 bridgehead atoms. The Balaban J connectivity index is 0. The van der Waals surface area contributed by atoms with Gasteiger partial charge in [0.2, 0.25) is 5.91 Å². The van der Waals surface area contributed by atoms with Crippen molar-refractivity contribution in [2.75, 3.05) is 0 Å². The molecular formula is C10H17NO2U2. The van der Waals surface area contributed by atoms with Crippen molar-refractivity contribution in [1.82, 2.24) is 5.32 Å². The number of aliphatic hydroxyl groups excluding tert-OH is 1. The third kappa shape index (κ3) is 5.95. The van der Waals surface area contributed by atoms with E-state index in [4.69, 9.17) is 0 Å². The van der Waals surface area contributed by atoms with Crippen molar-refractivity contribution in [2.45, 2.75) is 39.3 Å². The smallest absolute Gasteiger partial charge is 0.217 e. The van der Waals surface area contributed by atoms with E-state index in [1.165, 1.54) is 12.5 Å². The molecule has 5 heteroatoms. The van der Waals surface area contributed by atoms with Crippen LogP contribution in [0.5, 0.6) is 0 Å². The summed E-state index contributed by atoms with van der Waals surface area (Å²) in [6.45, 7) is 5.52. The molecule has 0 spiro atoms. The Labute approximate surface area is 139 Å². The summed E-state index contributed by atoms with van der Waals surface area (Å²) in [4.78, 5) is 10.8. The van der Waals surface area contributed by atoms with Gasteiger partial charge in [-0.2, -0.15) is 0 Å². The molecule has 1 aliphatic carbocycles. The van der Waals surface area contributed by atoms with Crippen molar-refractivity contribution in [3.05, 3.63) is 11.6 Å². The predicted octanol–water partition coefficient (Wildman–Crippen LogP) is 0.838. The average Bonchev–Trinajstić information content (AvgIpc) is 1.96. The molecule has 0 aromatic rings. The van der Waals surface area contributed by atoms with Gasteiger partial charge in [0.25, 0.3) is 0 Å². The average molecular weight is 659 g/mol. The van der Waals surface area contributed by atoms with Gasteiger partial charge in [-0.25, -0.2) is 0 Å². The van der Waals surface area contributed by atoms with E-state index >= 15 is 0 Å². The van der Waals surface area contributed by atoms with Crippen molar-refractivity contribution in [3.8, 4) is 0 Å². The van der Waals surface area contributed by atoms with E-state index in [2.05, 4.69) is 5.32 Å². The van der Waals surface area contributed by atoms with E-state index in [-0.39, 0.29) is 74.2 Å². The van der Waals surface area contributed by atoms with Gasteiger partial charge >= 0.3 is 0 Å². The minimum absolute atomic E-state index is 0. The first-order chi connectivity index (χ1) is 6.00. The zero-order valence-corrected chi connectivity index (χ0v) is 17.7. The van der Waals surface area contributed by atoms with Crippen molar-refractivity contribution < 1.29 is 72.1 Å². The van der Waals surface area contributed by atoms with Gasteiger partial charge in [0.1, 0.15) is 0 Å². The first kappa shape index (κ1) is 18.6.